The zero-order valence-corrected chi connectivity index (χ0v) is 21.3. The molecule has 1 saturated heterocycles. The number of carbonyl (C=O) groups excluding carboxylic acids is 1. The number of hydrogen-bond donors (Lipinski definition) is 0. The maximum absolute atomic E-state index is 13.7. The Hall–Kier alpha value is -3.37. The number of pyridine rings is 1. The molecule has 35 heavy (non-hydrogen) atoms. The summed E-state index contributed by atoms with van der Waals surface area (Å²) in [6.45, 7) is 9.08. The minimum absolute atomic E-state index is 0.0930. The number of hydrogen-bond acceptors (Lipinski definition) is 7. The van der Waals surface area contributed by atoms with E-state index in [1.807, 2.05) is 45.9 Å². The van der Waals surface area contributed by atoms with Crippen molar-refractivity contribution in [3.8, 4) is 5.82 Å². The highest BCUT2D eigenvalue weighted by Crippen LogP contribution is 2.36. The van der Waals surface area contributed by atoms with Crippen molar-refractivity contribution in [1.29, 1.82) is 0 Å². The Balaban J connectivity index is 1.67. The summed E-state index contributed by atoms with van der Waals surface area (Å²) in [5.74, 6) is 0.782. The summed E-state index contributed by atoms with van der Waals surface area (Å²) in [4.78, 5) is 37.9. The highest BCUT2D eigenvalue weighted by atomic mass is 32.1. The number of nitrogens with zero attached hydrogens (tertiary/aromatic N) is 6. The van der Waals surface area contributed by atoms with Crippen molar-refractivity contribution >= 4 is 27.3 Å². The number of thiophene rings is 1. The lowest BCUT2D eigenvalue weighted by Gasteiger charge is -2.15. The molecule has 4 aromatic heterocycles. The van der Waals surface area contributed by atoms with Crippen molar-refractivity contribution < 1.29 is 9.63 Å². The standard InChI is InChI=1S/C25H28N6O3S/c1-14(2)22-23-21(24(32)29(5)28-22)20(25(33)30-12-15(3)13-34-30)18(35-23)10-17-11-27-31(16(17)4)19-8-6-7-9-26-19/h6-9,11,14-15H,10,12-13H2,1-5H3. The molecule has 1 amide bonds. The van der Waals surface area contributed by atoms with Crippen molar-refractivity contribution in [3.63, 3.8) is 0 Å². The Morgan fingerprint density at radius 1 is 1.31 bits per heavy atom. The molecule has 0 saturated carbocycles. The van der Waals surface area contributed by atoms with Gasteiger partial charge in [0, 0.05) is 36.2 Å². The van der Waals surface area contributed by atoms with Gasteiger partial charge < -0.3 is 0 Å². The van der Waals surface area contributed by atoms with Crippen LogP contribution < -0.4 is 5.56 Å². The SMILES string of the molecule is Cc1c(Cc2sc3c(C(C)C)nn(C)c(=O)c3c2C(=O)N2CC(C)CO2)cnn1-c1ccccn1. The highest BCUT2D eigenvalue weighted by molar-refractivity contribution is 7.19. The molecule has 182 valence electrons. The maximum atomic E-state index is 13.7. The van der Waals surface area contributed by atoms with Crippen molar-refractivity contribution in [3.05, 3.63) is 68.3 Å². The number of fused-ring (bicyclic) bond motifs is 1. The van der Waals surface area contributed by atoms with E-state index in [0.29, 0.717) is 30.5 Å². The molecule has 0 aliphatic carbocycles. The average molecular weight is 493 g/mol. The van der Waals surface area contributed by atoms with Crippen LogP contribution in [0, 0.1) is 12.8 Å². The number of amides is 1. The van der Waals surface area contributed by atoms with Crippen molar-refractivity contribution in [2.45, 2.75) is 40.0 Å². The lowest BCUT2D eigenvalue weighted by Crippen LogP contribution is -2.30. The van der Waals surface area contributed by atoms with Gasteiger partial charge in [-0.05, 0) is 30.5 Å². The molecule has 10 heteroatoms. The summed E-state index contributed by atoms with van der Waals surface area (Å²) in [7, 11) is 1.63. The molecule has 0 N–H and O–H groups in total. The molecule has 1 aliphatic heterocycles. The first-order chi connectivity index (χ1) is 16.8. The second-order valence-electron chi connectivity index (χ2n) is 9.37. The predicted molar refractivity (Wildman–Crippen MR) is 134 cm³/mol. The number of rotatable bonds is 5. The lowest BCUT2D eigenvalue weighted by molar-refractivity contribution is -0.0771. The third-order valence-corrected chi connectivity index (χ3v) is 7.50. The molecule has 4 aromatic rings. The fourth-order valence-electron chi connectivity index (χ4n) is 4.38. The monoisotopic (exact) mass is 492 g/mol. The van der Waals surface area contributed by atoms with E-state index in [-0.39, 0.29) is 23.3 Å². The van der Waals surface area contributed by atoms with Gasteiger partial charge in [-0.1, -0.05) is 26.8 Å². The quantitative estimate of drug-likeness (QED) is 0.422. The molecule has 9 nitrogen and oxygen atoms in total. The second-order valence-corrected chi connectivity index (χ2v) is 10.5. The first-order valence-corrected chi connectivity index (χ1v) is 12.5. The van der Waals surface area contributed by atoms with E-state index in [4.69, 9.17) is 4.84 Å². The van der Waals surface area contributed by atoms with E-state index in [2.05, 4.69) is 15.2 Å². The summed E-state index contributed by atoms with van der Waals surface area (Å²) in [6.07, 6.45) is 3.99. The third-order valence-electron chi connectivity index (χ3n) is 6.29. The minimum atomic E-state index is -0.275. The van der Waals surface area contributed by atoms with Crippen LogP contribution in [0.2, 0.25) is 0 Å². The normalized spacial score (nSPS) is 16.1. The van der Waals surface area contributed by atoms with Crippen LogP contribution in [0.1, 0.15) is 58.9 Å². The zero-order valence-electron chi connectivity index (χ0n) is 20.5. The second kappa shape index (κ2) is 9.01. The van der Waals surface area contributed by atoms with E-state index >= 15 is 0 Å². The summed E-state index contributed by atoms with van der Waals surface area (Å²) in [6, 6.07) is 5.67. The molecular formula is C25H28N6O3S. The van der Waals surface area contributed by atoms with E-state index < -0.39 is 0 Å². The first-order valence-electron chi connectivity index (χ1n) is 11.7. The van der Waals surface area contributed by atoms with Crippen molar-refractivity contribution in [2.75, 3.05) is 13.2 Å². The van der Waals surface area contributed by atoms with E-state index in [1.165, 1.54) is 21.1 Å². The Bertz CT molecular complexity index is 1470. The number of hydroxylamine groups is 2. The van der Waals surface area contributed by atoms with Gasteiger partial charge in [0.2, 0.25) is 0 Å². The third kappa shape index (κ3) is 4.06. The average Bonchev–Trinajstić information content (AvgIpc) is 3.54. The van der Waals surface area contributed by atoms with Gasteiger partial charge in [0.25, 0.3) is 11.5 Å². The Morgan fingerprint density at radius 2 is 2.11 bits per heavy atom. The van der Waals surface area contributed by atoms with Gasteiger partial charge in [-0.25, -0.2) is 19.4 Å². The van der Waals surface area contributed by atoms with E-state index in [9.17, 15) is 9.59 Å². The van der Waals surface area contributed by atoms with Crippen LogP contribution in [0.5, 0.6) is 0 Å². The van der Waals surface area contributed by atoms with Crippen LogP contribution >= 0.6 is 11.3 Å². The van der Waals surface area contributed by atoms with Crippen LogP contribution in [0.15, 0.2) is 35.4 Å². The molecule has 1 atom stereocenters. The van der Waals surface area contributed by atoms with Crippen LogP contribution in [0.3, 0.4) is 0 Å². The number of carbonyl (C=O) groups is 1. The molecule has 5 heterocycles. The number of aromatic nitrogens is 5. The topological polar surface area (TPSA) is 95.1 Å². The summed E-state index contributed by atoms with van der Waals surface area (Å²) < 4.78 is 3.89. The lowest BCUT2D eigenvalue weighted by atomic mass is 10.0. The fraction of sp³-hybridized carbons (Fsp3) is 0.400. The summed E-state index contributed by atoms with van der Waals surface area (Å²) in [5.41, 5.74) is 2.84. The summed E-state index contributed by atoms with van der Waals surface area (Å²) >= 11 is 1.47. The largest absolute Gasteiger partial charge is 0.279 e. The summed E-state index contributed by atoms with van der Waals surface area (Å²) in [5, 5.41) is 10.9. The smallest absolute Gasteiger partial charge is 0.270 e. The van der Waals surface area contributed by atoms with Crippen LogP contribution in [-0.2, 0) is 18.3 Å². The van der Waals surface area contributed by atoms with Crippen LogP contribution in [0.4, 0.5) is 0 Å². The van der Waals surface area contributed by atoms with Gasteiger partial charge in [-0.3, -0.25) is 14.4 Å². The van der Waals surface area contributed by atoms with Crippen LogP contribution in [-0.4, -0.2) is 48.7 Å². The zero-order chi connectivity index (χ0) is 24.9. The first kappa shape index (κ1) is 23.4. The Labute approximate surface area is 206 Å². The van der Waals surface area contributed by atoms with Gasteiger partial charge >= 0.3 is 0 Å². The van der Waals surface area contributed by atoms with E-state index in [0.717, 1.165) is 32.3 Å². The molecule has 0 radical (unpaired) electrons. The van der Waals surface area contributed by atoms with Crippen molar-refractivity contribution in [2.24, 2.45) is 13.0 Å². The molecule has 0 bridgehead atoms. The Kier molecular flexibility index (Phi) is 6.02. The Morgan fingerprint density at radius 3 is 2.77 bits per heavy atom. The molecule has 0 spiro atoms. The van der Waals surface area contributed by atoms with Gasteiger partial charge in [-0.2, -0.15) is 10.2 Å². The molecule has 0 aromatic carbocycles. The van der Waals surface area contributed by atoms with Gasteiger partial charge in [0.15, 0.2) is 5.82 Å². The molecule has 1 fully saturated rings. The minimum Gasteiger partial charge on any atom is -0.270 e. The molecular weight excluding hydrogens is 464 g/mol. The number of aryl methyl sites for hydroxylation is 1. The highest BCUT2D eigenvalue weighted by Gasteiger charge is 2.32. The van der Waals surface area contributed by atoms with E-state index in [1.54, 1.807) is 24.1 Å². The maximum Gasteiger partial charge on any atom is 0.279 e. The fourth-order valence-corrected chi connectivity index (χ4v) is 5.82. The van der Waals surface area contributed by atoms with Crippen LogP contribution in [0.25, 0.3) is 15.9 Å². The predicted octanol–water partition coefficient (Wildman–Crippen LogP) is 3.62. The van der Waals surface area contributed by atoms with Crippen molar-refractivity contribution in [1.82, 2.24) is 29.6 Å². The molecule has 1 aliphatic rings. The van der Waals surface area contributed by atoms with Gasteiger partial charge in [0.05, 0.1) is 40.7 Å². The van der Waals surface area contributed by atoms with Gasteiger partial charge in [-0.15, -0.1) is 11.3 Å². The molecule has 1 unspecified atom stereocenters. The molecule has 5 rings (SSSR count). The van der Waals surface area contributed by atoms with Gasteiger partial charge in [0.1, 0.15) is 0 Å².